The third kappa shape index (κ3) is 4.22. The van der Waals surface area contributed by atoms with Crippen LogP contribution in [0.3, 0.4) is 0 Å². The highest BCUT2D eigenvalue weighted by Crippen LogP contribution is 2.32. The number of rotatable bonds is 4. The number of hydrogen-bond donors (Lipinski definition) is 2. The molecule has 6 heteroatoms. The van der Waals surface area contributed by atoms with Gasteiger partial charge >= 0.3 is 5.97 Å². The number of hydrogen-bond acceptors (Lipinski definition) is 3. The first-order valence-corrected chi connectivity index (χ1v) is 9.36. The predicted molar refractivity (Wildman–Crippen MR) is 97.5 cm³/mol. The molecule has 1 fully saturated rings. The van der Waals surface area contributed by atoms with E-state index in [0.29, 0.717) is 3.57 Å². The number of ether oxygens (including phenoxy) is 1. The Morgan fingerprint density at radius 2 is 2.05 bits per heavy atom. The van der Waals surface area contributed by atoms with Crippen molar-refractivity contribution < 1.29 is 20.0 Å². The summed E-state index contributed by atoms with van der Waals surface area (Å²) in [4.78, 5) is 12.5. The molecule has 21 heavy (non-hydrogen) atoms. The zero-order chi connectivity index (χ0) is 15.5. The fourth-order valence-corrected chi connectivity index (χ4v) is 4.68. The van der Waals surface area contributed by atoms with Gasteiger partial charge in [-0.2, -0.15) is 0 Å². The van der Waals surface area contributed by atoms with Crippen molar-refractivity contribution in [2.75, 3.05) is 13.1 Å². The molecule has 116 valence electrons. The SMILES string of the molecule is CCCC1(OC(=O)c2cc(I)cc(I)c2O)CC[NH2+]CC1. The number of carbonyl (C=O) groups excluding carboxylic acids is 1. The van der Waals surface area contributed by atoms with E-state index >= 15 is 0 Å². The fourth-order valence-electron chi connectivity index (χ4n) is 2.83. The van der Waals surface area contributed by atoms with Gasteiger partial charge in [0.05, 0.1) is 16.7 Å². The Balaban J connectivity index is 2.23. The van der Waals surface area contributed by atoms with Crippen LogP contribution in [0, 0.1) is 7.14 Å². The number of quaternary nitrogens is 1. The highest BCUT2D eigenvalue weighted by atomic mass is 127. The van der Waals surface area contributed by atoms with Crippen molar-refractivity contribution in [2.24, 2.45) is 0 Å². The normalized spacial score (nSPS) is 17.5. The second-order valence-electron chi connectivity index (χ2n) is 5.47. The first kappa shape index (κ1) is 17.3. The van der Waals surface area contributed by atoms with Crippen LogP contribution in [0.25, 0.3) is 0 Å². The van der Waals surface area contributed by atoms with Crippen molar-refractivity contribution in [3.05, 3.63) is 24.8 Å². The minimum atomic E-state index is -0.403. The van der Waals surface area contributed by atoms with Crippen molar-refractivity contribution in [2.45, 2.75) is 38.2 Å². The van der Waals surface area contributed by atoms with Gasteiger partial charge in [0.25, 0.3) is 0 Å². The summed E-state index contributed by atoms with van der Waals surface area (Å²) in [5.41, 5.74) is -0.0870. The molecule has 1 heterocycles. The zero-order valence-electron chi connectivity index (χ0n) is 12.0. The molecule has 0 bridgehead atoms. The van der Waals surface area contributed by atoms with E-state index in [9.17, 15) is 9.90 Å². The summed E-state index contributed by atoms with van der Waals surface area (Å²) in [6.45, 7) is 4.09. The Bertz CT molecular complexity index is 522. The van der Waals surface area contributed by atoms with E-state index in [4.69, 9.17) is 4.74 Å². The van der Waals surface area contributed by atoms with Crippen molar-refractivity contribution >= 4 is 51.2 Å². The van der Waals surface area contributed by atoms with Crippen LogP contribution in [0.1, 0.15) is 43.0 Å². The molecule has 1 aliphatic heterocycles. The summed E-state index contributed by atoms with van der Waals surface area (Å²) in [6, 6.07) is 3.53. The van der Waals surface area contributed by atoms with Crippen LogP contribution in [0.2, 0.25) is 0 Å². The summed E-state index contributed by atoms with van der Waals surface area (Å²) in [5.74, 6) is -0.380. The van der Waals surface area contributed by atoms with Crippen LogP contribution in [-0.4, -0.2) is 29.8 Å². The minimum Gasteiger partial charge on any atom is -0.506 e. The Morgan fingerprint density at radius 1 is 1.38 bits per heavy atom. The Labute approximate surface area is 152 Å². The molecule has 1 aromatic carbocycles. The number of nitrogens with two attached hydrogens (primary N) is 1. The highest BCUT2D eigenvalue weighted by Gasteiger charge is 2.37. The lowest BCUT2D eigenvalue weighted by Gasteiger charge is -2.35. The van der Waals surface area contributed by atoms with E-state index in [1.54, 1.807) is 6.07 Å². The standard InChI is InChI=1S/C15H19I2NO3/c1-2-3-15(4-6-18-7-5-15)21-14(20)11-8-10(16)9-12(17)13(11)19/h8-9,18-19H,2-7H2,1H3/p+1. The average molecular weight is 516 g/mol. The first-order valence-electron chi connectivity index (χ1n) is 7.20. The first-order chi connectivity index (χ1) is 9.97. The second kappa shape index (κ2) is 7.45. The highest BCUT2D eigenvalue weighted by molar-refractivity contribution is 14.1. The smallest absolute Gasteiger partial charge is 0.342 e. The van der Waals surface area contributed by atoms with E-state index in [1.165, 1.54) is 0 Å². The van der Waals surface area contributed by atoms with Gasteiger partial charge in [0.15, 0.2) is 0 Å². The van der Waals surface area contributed by atoms with Gasteiger partial charge in [0.1, 0.15) is 16.9 Å². The van der Waals surface area contributed by atoms with Crippen molar-refractivity contribution in [3.63, 3.8) is 0 Å². The summed E-state index contributed by atoms with van der Waals surface area (Å²) >= 11 is 4.18. The summed E-state index contributed by atoms with van der Waals surface area (Å²) in [5, 5.41) is 12.4. The van der Waals surface area contributed by atoms with Gasteiger partial charge in [-0.3, -0.25) is 0 Å². The van der Waals surface area contributed by atoms with E-state index in [-0.39, 0.29) is 16.9 Å². The van der Waals surface area contributed by atoms with E-state index in [2.05, 4.69) is 34.8 Å². The van der Waals surface area contributed by atoms with Gasteiger partial charge in [0, 0.05) is 16.4 Å². The number of halogens is 2. The topological polar surface area (TPSA) is 63.1 Å². The molecule has 3 N–H and O–H groups in total. The quantitative estimate of drug-likeness (QED) is 0.478. The van der Waals surface area contributed by atoms with Crippen molar-refractivity contribution in [3.8, 4) is 5.75 Å². The molecule has 1 aromatic rings. The van der Waals surface area contributed by atoms with Crippen LogP contribution in [-0.2, 0) is 4.74 Å². The number of carbonyl (C=O) groups is 1. The number of piperidine rings is 1. The molecule has 1 aliphatic rings. The van der Waals surface area contributed by atoms with E-state index in [0.717, 1.165) is 42.3 Å². The molecule has 2 rings (SSSR count). The summed E-state index contributed by atoms with van der Waals surface area (Å²) in [6.07, 6.45) is 3.64. The molecule has 4 nitrogen and oxygen atoms in total. The van der Waals surface area contributed by atoms with Gasteiger partial charge in [-0.1, -0.05) is 13.3 Å². The largest absolute Gasteiger partial charge is 0.506 e. The molecule has 0 amide bonds. The predicted octanol–water partition coefficient (Wildman–Crippen LogP) is 2.65. The number of phenolic OH excluding ortho intramolecular Hbond substituents is 1. The van der Waals surface area contributed by atoms with Crippen molar-refractivity contribution in [1.82, 2.24) is 0 Å². The Kier molecular flexibility index (Phi) is 6.13. The molecule has 0 aromatic heterocycles. The fraction of sp³-hybridized carbons (Fsp3) is 0.533. The molecule has 1 saturated heterocycles. The van der Waals surface area contributed by atoms with Gasteiger partial charge in [-0.25, -0.2) is 4.79 Å². The van der Waals surface area contributed by atoms with Gasteiger partial charge in [-0.15, -0.1) is 0 Å². The van der Waals surface area contributed by atoms with Crippen molar-refractivity contribution in [1.29, 1.82) is 0 Å². The Morgan fingerprint density at radius 3 is 2.67 bits per heavy atom. The maximum atomic E-state index is 12.5. The van der Waals surface area contributed by atoms with E-state index in [1.807, 2.05) is 28.7 Å². The third-order valence-corrected chi connectivity index (χ3v) is 5.32. The molecule has 0 unspecified atom stereocenters. The van der Waals surface area contributed by atoms with Crippen LogP contribution in [0.15, 0.2) is 12.1 Å². The molecule has 0 atom stereocenters. The molecule has 0 radical (unpaired) electrons. The second-order valence-corrected chi connectivity index (χ2v) is 7.88. The lowest BCUT2D eigenvalue weighted by molar-refractivity contribution is -0.668. The summed E-state index contributed by atoms with van der Waals surface area (Å²) < 4.78 is 7.46. The van der Waals surface area contributed by atoms with Crippen LogP contribution < -0.4 is 5.32 Å². The lowest BCUT2D eigenvalue weighted by atomic mass is 9.87. The van der Waals surface area contributed by atoms with Crippen LogP contribution in [0.4, 0.5) is 0 Å². The number of phenols is 1. The van der Waals surface area contributed by atoms with Crippen LogP contribution in [0.5, 0.6) is 5.75 Å². The molecule has 0 spiro atoms. The Hall–Kier alpha value is -0.0900. The molecular weight excluding hydrogens is 496 g/mol. The lowest BCUT2D eigenvalue weighted by Crippen LogP contribution is -2.88. The number of benzene rings is 1. The monoisotopic (exact) mass is 516 g/mol. The van der Waals surface area contributed by atoms with Gasteiger partial charge < -0.3 is 15.2 Å². The van der Waals surface area contributed by atoms with Crippen LogP contribution >= 0.6 is 45.2 Å². The molecule has 0 saturated carbocycles. The van der Waals surface area contributed by atoms with Gasteiger partial charge in [0.2, 0.25) is 0 Å². The third-order valence-electron chi connectivity index (χ3n) is 3.87. The minimum absolute atomic E-state index is 0.0232. The van der Waals surface area contributed by atoms with E-state index < -0.39 is 5.97 Å². The maximum Gasteiger partial charge on any atom is 0.342 e. The molecular formula is C15H20I2NO3+. The zero-order valence-corrected chi connectivity index (χ0v) is 16.3. The maximum absolute atomic E-state index is 12.5. The summed E-state index contributed by atoms with van der Waals surface area (Å²) in [7, 11) is 0. The number of esters is 1. The van der Waals surface area contributed by atoms with Gasteiger partial charge in [-0.05, 0) is 63.7 Å². The number of aromatic hydroxyl groups is 1. The molecule has 0 aliphatic carbocycles. The average Bonchev–Trinajstić information content (AvgIpc) is 2.43.